The number of hydrogen-bond acceptors (Lipinski definition) is 5. The molecule has 0 saturated heterocycles. The van der Waals surface area contributed by atoms with E-state index in [0.29, 0.717) is 12.4 Å². The Bertz CT molecular complexity index is 1210. The second kappa shape index (κ2) is 9.55. The van der Waals surface area contributed by atoms with Crippen molar-refractivity contribution in [3.05, 3.63) is 55.9 Å². The van der Waals surface area contributed by atoms with Gasteiger partial charge in [0.15, 0.2) is 0 Å². The molecule has 2 aromatic heterocycles. The summed E-state index contributed by atoms with van der Waals surface area (Å²) in [4.78, 5) is 35.9. The molecule has 0 spiro atoms. The normalized spacial score (nSPS) is 13.5. The van der Waals surface area contributed by atoms with Gasteiger partial charge in [-0.1, -0.05) is 31.5 Å². The molecule has 1 amide bonds. The van der Waals surface area contributed by atoms with Gasteiger partial charge in [-0.05, 0) is 69.8 Å². The van der Waals surface area contributed by atoms with Crippen LogP contribution in [0.4, 0.5) is 5.69 Å². The monoisotopic (exact) mass is 452 g/mol. The number of anilines is 1. The lowest BCUT2D eigenvalue weighted by atomic mass is 9.97. The van der Waals surface area contributed by atoms with Crippen LogP contribution in [-0.2, 0) is 30.7 Å². The molecule has 0 radical (unpaired) electrons. The van der Waals surface area contributed by atoms with Crippen molar-refractivity contribution in [1.82, 2.24) is 14.5 Å². The quantitative estimate of drug-likeness (QED) is 0.576. The van der Waals surface area contributed by atoms with E-state index in [2.05, 4.69) is 24.1 Å². The van der Waals surface area contributed by atoms with Gasteiger partial charge in [0.1, 0.15) is 17.2 Å². The van der Waals surface area contributed by atoms with Gasteiger partial charge in [0.25, 0.3) is 5.56 Å². The van der Waals surface area contributed by atoms with E-state index in [1.54, 1.807) is 15.9 Å². The summed E-state index contributed by atoms with van der Waals surface area (Å²) >= 11 is 1.66. The van der Waals surface area contributed by atoms with E-state index in [1.165, 1.54) is 11.3 Å². The molecule has 0 bridgehead atoms. The van der Waals surface area contributed by atoms with Crippen LogP contribution in [0, 0.1) is 13.8 Å². The number of amides is 1. The highest BCUT2D eigenvalue weighted by Crippen LogP contribution is 2.34. The Kier molecular flexibility index (Phi) is 6.76. The Morgan fingerprint density at radius 1 is 1.19 bits per heavy atom. The van der Waals surface area contributed by atoms with Gasteiger partial charge in [0.2, 0.25) is 5.91 Å². The maximum absolute atomic E-state index is 13.7. The second-order valence-corrected chi connectivity index (χ2v) is 9.72. The molecule has 1 aromatic carbocycles. The van der Waals surface area contributed by atoms with Crippen LogP contribution >= 0.6 is 11.3 Å². The summed E-state index contributed by atoms with van der Waals surface area (Å²) in [6.07, 6.45) is 4.22. The topological polar surface area (TPSA) is 67.2 Å². The number of carbonyl (C=O) groups is 1. The fourth-order valence-corrected chi connectivity index (χ4v) is 5.77. The molecule has 1 aliphatic carbocycles. The van der Waals surface area contributed by atoms with Crippen LogP contribution in [0.5, 0.6) is 0 Å². The molecule has 0 unspecified atom stereocenters. The van der Waals surface area contributed by atoms with Crippen molar-refractivity contribution in [2.24, 2.45) is 0 Å². The van der Waals surface area contributed by atoms with E-state index < -0.39 is 0 Å². The number of hydrogen-bond donors (Lipinski definition) is 1. The number of thiophene rings is 1. The molecule has 0 saturated carbocycles. The van der Waals surface area contributed by atoms with E-state index in [9.17, 15) is 9.59 Å². The minimum Gasteiger partial charge on any atom is -0.324 e. The number of carbonyl (C=O) groups excluding carboxylic acids is 1. The lowest BCUT2D eigenvalue weighted by molar-refractivity contribution is -0.116. The van der Waals surface area contributed by atoms with Crippen molar-refractivity contribution in [2.75, 3.05) is 18.4 Å². The predicted octanol–water partition coefficient (Wildman–Crippen LogP) is 4.43. The van der Waals surface area contributed by atoms with E-state index in [0.717, 1.165) is 64.9 Å². The molecule has 7 heteroatoms. The third kappa shape index (κ3) is 4.50. The minimum absolute atomic E-state index is 0.0314. The standard InChI is InChI=1S/C25H32N4O2S/c1-5-28(6-2)14-21-27-24-23(18-9-7-8-10-20(18)32-24)25(31)29(21)15-22(30)26-19-12-11-16(3)13-17(19)4/h11-13H,5-10,14-15H2,1-4H3,(H,26,30). The van der Waals surface area contributed by atoms with Gasteiger partial charge in [0, 0.05) is 10.6 Å². The zero-order chi connectivity index (χ0) is 22.8. The van der Waals surface area contributed by atoms with Crippen LogP contribution in [0.3, 0.4) is 0 Å². The summed E-state index contributed by atoms with van der Waals surface area (Å²) in [5, 5.41) is 3.72. The highest BCUT2D eigenvalue weighted by molar-refractivity contribution is 7.18. The highest BCUT2D eigenvalue weighted by atomic mass is 32.1. The third-order valence-corrected chi connectivity index (χ3v) is 7.56. The molecule has 6 nitrogen and oxygen atoms in total. The Labute approximate surface area is 193 Å². The maximum atomic E-state index is 13.7. The Hall–Kier alpha value is -2.51. The zero-order valence-corrected chi connectivity index (χ0v) is 20.3. The van der Waals surface area contributed by atoms with Crippen LogP contribution < -0.4 is 10.9 Å². The smallest absolute Gasteiger partial charge is 0.263 e. The first kappa shape index (κ1) is 22.7. The average molecular weight is 453 g/mol. The molecule has 0 aliphatic heterocycles. The fourth-order valence-electron chi connectivity index (χ4n) is 4.50. The Morgan fingerprint density at radius 3 is 2.66 bits per heavy atom. The number of rotatable bonds is 7. The average Bonchev–Trinajstić information content (AvgIpc) is 3.15. The van der Waals surface area contributed by atoms with Crippen molar-refractivity contribution >= 4 is 33.1 Å². The maximum Gasteiger partial charge on any atom is 0.263 e. The van der Waals surface area contributed by atoms with Crippen LogP contribution in [0.25, 0.3) is 10.2 Å². The molecule has 1 aliphatic rings. The summed E-state index contributed by atoms with van der Waals surface area (Å²) in [6.45, 7) is 10.4. The van der Waals surface area contributed by atoms with Crippen LogP contribution in [0.1, 0.15) is 54.1 Å². The first-order valence-electron chi connectivity index (χ1n) is 11.5. The van der Waals surface area contributed by atoms with E-state index in [4.69, 9.17) is 4.98 Å². The number of nitrogens with one attached hydrogen (secondary N) is 1. The van der Waals surface area contributed by atoms with Gasteiger partial charge in [-0.15, -0.1) is 11.3 Å². The second-order valence-electron chi connectivity index (χ2n) is 8.64. The number of aryl methyl sites for hydroxylation is 4. The fraction of sp³-hybridized carbons (Fsp3) is 0.480. The van der Waals surface area contributed by atoms with Crippen LogP contribution in [-0.4, -0.2) is 33.4 Å². The van der Waals surface area contributed by atoms with Gasteiger partial charge in [-0.25, -0.2) is 4.98 Å². The van der Waals surface area contributed by atoms with Crippen LogP contribution in [0.15, 0.2) is 23.0 Å². The first-order valence-corrected chi connectivity index (χ1v) is 12.4. The number of nitrogens with zero attached hydrogens (tertiary/aromatic N) is 3. The Morgan fingerprint density at radius 2 is 1.94 bits per heavy atom. The molecule has 32 heavy (non-hydrogen) atoms. The minimum atomic E-state index is -0.204. The van der Waals surface area contributed by atoms with Gasteiger partial charge in [-0.3, -0.25) is 19.1 Å². The first-order chi connectivity index (χ1) is 15.4. The molecule has 2 heterocycles. The van der Waals surface area contributed by atoms with Gasteiger partial charge in [-0.2, -0.15) is 0 Å². The third-order valence-electron chi connectivity index (χ3n) is 6.37. The summed E-state index contributed by atoms with van der Waals surface area (Å²) in [7, 11) is 0. The Balaban J connectivity index is 1.73. The molecule has 1 N–H and O–H groups in total. The SMILES string of the molecule is CCN(CC)Cc1nc2sc3c(c2c(=O)n1CC(=O)Nc1ccc(C)cc1C)CCCC3. The molecule has 170 valence electrons. The molecule has 0 atom stereocenters. The number of fused-ring (bicyclic) bond motifs is 3. The number of benzene rings is 1. The largest absolute Gasteiger partial charge is 0.324 e. The zero-order valence-electron chi connectivity index (χ0n) is 19.5. The highest BCUT2D eigenvalue weighted by Gasteiger charge is 2.23. The number of aromatic nitrogens is 2. The van der Waals surface area contributed by atoms with Crippen molar-refractivity contribution in [3.63, 3.8) is 0 Å². The van der Waals surface area contributed by atoms with Gasteiger partial charge >= 0.3 is 0 Å². The van der Waals surface area contributed by atoms with Crippen molar-refractivity contribution in [3.8, 4) is 0 Å². The van der Waals surface area contributed by atoms with Gasteiger partial charge in [0.05, 0.1) is 11.9 Å². The summed E-state index contributed by atoms with van der Waals surface area (Å²) in [5.74, 6) is 0.464. The van der Waals surface area contributed by atoms with Crippen molar-refractivity contribution in [2.45, 2.75) is 66.5 Å². The molecular formula is C25H32N4O2S. The van der Waals surface area contributed by atoms with Crippen molar-refractivity contribution < 1.29 is 4.79 Å². The predicted molar refractivity (Wildman–Crippen MR) is 132 cm³/mol. The van der Waals surface area contributed by atoms with Crippen molar-refractivity contribution in [1.29, 1.82) is 0 Å². The summed E-state index contributed by atoms with van der Waals surface area (Å²) < 4.78 is 1.60. The summed E-state index contributed by atoms with van der Waals surface area (Å²) in [6, 6.07) is 5.93. The molecule has 3 aromatic rings. The summed E-state index contributed by atoms with van der Waals surface area (Å²) in [5.41, 5.74) is 4.02. The van der Waals surface area contributed by atoms with E-state index >= 15 is 0 Å². The van der Waals surface area contributed by atoms with Gasteiger partial charge < -0.3 is 5.32 Å². The van der Waals surface area contributed by atoms with E-state index in [1.807, 2.05) is 32.0 Å². The van der Waals surface area contributed by atoms with Crippen LogP contribution in [0.2, 0.25) is 0 Å². The van der Waals surface area contributed by atoms with E-state index in [-0.39, 0.29) is 18.0 Å². The molecule has 4 rings (SSSR count). The lowest BCUT2D eigenvalue weighted by Gasteiger charge is -2.20. The molecular weight excluding hydrogens is 420 g/mol. The molecule has 0 fully saturated rings. The lowest BCUT2D eigenvalue weighted by Crippen LogP contribution is -2.34.